The van der Waals surface area contributed by atoms with Gasteiger partial charge in [0.2, 0.25) is 0 Å². The molecule has 1 atom stereocenters. The van der Waals surface area contributed by atoms with Crippen LogP contribution >= 0.6 is 0 Å². The highest BCUT2D eigenvalue weighted by Crippen LogP contribution is 2.22. The van der Waals surface area contributed by atoms with Crippen molar-refractivity contribution in [2.45, 2.75) is 32.2 Å². The molecule has 1 N–H and O–H groups in total. The Morgan fingerprint density at radius 3 is 2.78 bits per heavy atom. The van der Waals surface area contributed by atoms with E-state index in [2.05, 4.69) is 36.8 Å². The summed E-state index contributed by atoms with van der Waals surface area (Å²) in [5.41, 5.74) is 2.39. The Hall–Kier alpha value is -1.95. The van der Waals surface area contributed by atoms with Gasteiger partial charge in [0.1, 0.15) is 5.82 Å². The van der Waals surface area contributed by atoms with E-state index in [0.29, 0.717) is 5.92 Å². The molecule has 2 aromatic heterocycles. The summed E-state index contributed by atoms with van der Waals surface area (Å²) in [6.45, 7) is 3.32. The molecular formula is C17H26N6. The molecule has 0 bridgehead atoms. The number of hydrogen-bond acceptors (Lipinski definition) is 5. The molecule has 0 saturated carbocycles. The molecule has 23 heavy (non-hydrogen) atoms. The Bertz CT molecular complexity index is 606. The van der Waals surface area contributed by atoms with Gasteiger partial charge in [-0.1, -0.05) is 0 Å². The van der Waals surface area contributed by atoms with Gasteiger partial charge in [-0.25, -0.2) is 9.97 Å². The molecule has 124 valence electrons. The lowest BCUT2D eigenvalue weighted by molar-refractivity contribution is 0.266. The zero-order chi connectivity index (χ0) is 16.1. The summed E-state index contributed by atoms with van der Waals surface area (Å²) in [5.74, 6) is 1.54. The first-order valence-electron chi connectivity index (χ1n) is 8.41. The van der Waals surface area contributed by atoms with Crippen LogP contribution in [0.1, 0.15) is 30.7 Å². The molecule has 3 rings (SSSR count). The van der Waals surface area contributed by atoms with E-state index < -0.39 is 0 Å². The Morgan fingerprint density at radius 1 is 1.17 bits per heavy atom. The lowest BCUT2D eigenvalue weighted by Gasteiger charge is -2.20. The maximum Gasteiger partial charge on any atom is 0.144 e. The number of anilines is 1. The van der Waals surface area contributed by atoms with Crippen molar-refractivity contribution in [2.75, 3.05) is 25.5 Å². The van der Waals surface area contributed by atoms with Crippen molar-refractivity contribution in [1.82, 2.24) is 24.4 Å². The Labute approximate surface area is 138 Å². The van der Waals surface area contributed by atoms with Crippen LogP contribution in [0.25, 0.3) is 0 Å². The number of aryl methyl sites for hydroxylation is 1. The minimum Gasteiger partial charge on any atom is -0.372 e. The lowest BCUT2D eigenvalue weighted by atomic mass is 9.95. The highest BCUT2D eigenvalue weighted by Gasteiger charge is 2.18. The quantitative estimate of drug-likeness (QED) is 0.916. The highest BCUT2D eigenvalue weighted by molar-refractivity contribution is 5.29. The minimum absolute atomic E-state index is 0.710. The van der Waals surface area contributed by atoms with Crippen LogP contribution in [0.15, 0.2) is 24.9 Å². The Kier molecular flexibility index (Phi) is 5.23. The number of rotatable bonds is 5. The summed E-state index contributed by atoms with van der Waals surface area (Å²) in [5, 5.41) is 3.01. The molecule has 1 saturated heterocycles. The van der Waals surface area contributed by atoms with Crippen LogP contribution < -0.4 is 5.32 Å². The van der Waals surface area contributed by atoms with Gasteiger partial charge in [-0.15, -0.1) is 0 Å². The van der Waals surface area contributed by atoms with Crippen LogP contribution in [0.3, 0.4) is 0 Å². The van der Waals surface area contributed by atoms with Crippen molar-refractivity contribution in [3.05, 3.63) is 36.3 Å². The monoisotopic (exact) mass is 314 g/mol. The zero-order valence-corrected chi connectivity index (χ0v) is 14.1. The standard InChI is InChI=1S/C17H26N6/c1-18-17-11-20-15(9-21-17)8-14-4-3-6-23(7-5-14)12-16-10-19-13-22(16)2/h9-11,13-14H,3-8,12H2,1-2H3,(H,18,21). The lowest BCUT2D eigenvalue weighted by Crippen LogP contribution is -2.25. The van der Waals surface area contributed by atoms with Gasteiger partial charge in [0, 0.05) is 26.8 Å². The van der Waals surface area contributed by atoms with E-state index in [9.17, 15) is 0 Å². The second-order valence-electron chi connectivity index (χ2n) is 6.42. The first-order valence-corrected chi connectivity index (χ1v) is 8.41. The third-order valence-electron chi connectivity index (χ3n) is 4.70. The average Bonchev–Trinajstić information content (AvgIpc) is 2.84. The summed E-state index contributed by atoms with van der Waals surface area (Å²) >= 11 is 0. The van der Waals surface area contributed by atoms with Crippen LogP contribution in [-0.4, -0.2) is 44.6 Å². The molecule has 0 aromatic carbocycles. The van der Waals surface area contributed by atoms with Gasteiger partial charge < -0.3 is 9.88 Å². The van der Waals surface area contributed by atoms with E-state index in [-0.39, 0.29) is 0 Å². The van der Waals surface area contributed by atoms with Gasteiger partial charge in [0.25, 0.3) is 0 Å². The highest BCUT2D eigenvalue weighted by atomic mass is 15.2. The van der Waals surface area contributed by atoms with Crippen molar-refractivity contribution in [2.24, 2.45) is 13.0 Å². The first-order chi connectivity index (χ1) is 11.2. The van der Waals surface area contributed by atoms with Gasteiger partial charge in [0.05, 0.1) is 30.1 Å². The molecule has 6 heteroatoms. The molecule has 0 radical (unpaired) electrons. The molecule has 1 unspecified atom stereocenters. The maximum absolute atomic E-state index is 4.52. The zero-order valence-electron chi connectivity index (χ0n) is 14.1. The second kappa shape index (κ2) is 7.55. The predicted octanol–water partition coefficient (Wildman–Crippen LogP) is 2.10. The molecule has 0 spiro atoms. The van der Waals surface area contributed by atoms with Crippen molar-refractivity contribution in [3.63, 3.8) is 0 Å². The molecule has 6 nitrogen and oxygen atoms in total. The first kappa shape index (κ1) is 15.9. The molecule has 2 aromatic rings. The second-order valence-corrected chi connectivity index (χ2v) is 6.42. The molecule has 0 amide bonds. The Balaban J connectivity index is 1.52. The molecular weight excluding hydrogens is 288 g/mol. The summed E-state index contributed by atoms with van der Waals surface area (Å²) in [6.07, 6.45) is 12.4. The molecule has 3 heterocycles. The third kappa shape index (κ3) is 4.28. The van der Waals surface area contributed by atoms with Gasteiger partial charge in [0.15, 0.2) is 0 Å². The summed E-state index contributed by atoms with van der Waals surface area (Å²) in [7, 11) is 3.93. The number of likely N-dealkylation sites (tertiary alicyclic amines) is 1. The molecule has 0 aliphatic carbocycles. The van der Waals surface area contributed by atoms with Crippen molar-refractivity contribution < 1.29 is 0 Å². The minimum atomic E-state index is 0.710. The number of imidazole rings is 1. The van der Waals surface area contributed by atoms with E-state index in [1.54, 1.807) is 0 Å². The van der Waals surface area contributed by atoms with Gasteiger partial charge >= 0.3 is 0 Å². The maximum atomic E-state index is 4.52. The molecule has 1 aliphatic heterocycles. The predicted molar refractivity (Wildman–Crippen MR) is 91.1 cm³/mol. The SMILES string of the molecule is CNc1cnc(CC2CCCN(Cc3cncn3C)CC2)cn1. The summed E-state index contributed by atoms with van der Waals surface area (Å²) in [6, 6.07) is 0. The van der Waals surface area contributed by atoms with E-state index in [4.69, 9.17) is 0 Å². The van der Waals surface area contributed by atoms with Gasteiger partial charge in [-0.05, 0) is 44.7 Å². The fraction of sp³-hybridized carbons (Fsp3) is 0.588. The van der Waals surface area contributed by atoms with Crippen LogP contribution in [0.2, 0.25) is 0 Å². The average molecular weight is 314 g/mol. The van der Waals surface area contributed by atoms with Crippen LogP contribution in [0, 0.1) is 5.92 Å². The largest absolute Gasteiger partial charge is 0.372 e. The fourth-order valence-electron chi connectivity index (χ4n) is 3.24. The number of hydrogen-bond donors (Lipinski definition) is 1. The third-order valence-corrected chi connectivity index (χ3v) is 4.70. The van der Waals surface area contributed by atoms with E-state index in [1.165, 1.54) is 31.5 Å². The summed E-state index contributed by atoms with van der Waals surface area (Å²) in [4.78, 5) is 15.6. The van der Waals surface area contributed by atoms with Crippen LogP contribution in [0.5, 0.6) is 0 Å². The normalized spacial score (nSPS) is 19.5. The smallest absolute Gasteiger partial charge is 0.144 e. The van der Waals surface area contributed by atoms with E-state index >= 15 is 0 Å². The summed E-state index contributed by atoms with van der Waals surface area (Å²) < 4.78 is 2.11. The van der Waals surface area contributed by atoms with Gasteiger partial charge in [-0.2, -0.15) is 0 Å². The van der Waals surface area contributed by atoms with Crippen molar-refractivity contribution >= 4 is 5.82 Å². The van der Waals surface area contributed by atoms with Crippen LogP contribution in [0.4, 0.5) is 5.82 Å². The number of aromatic nitrogens is 4. The van der Waals surface area contributed by atoms with E-state index in [0.717, 1.165) is 31.0 Å². The fourth-order valence-corrected chi connectivity index (χ4v) is 3.24. The topological polar surface area (TPSA) is 58.9 Å². The van der Waals surface area contributed by atoms with E-state index in [1.807, 2.05) is 32.0 Å². The van der Waals surface area contributed by atoms with Gasteiger partial charge in [-0.3, -0.25) is 9.88 Å². The Morgan fingerprint density at radius 2 is 2.09 bits per heavy atom. The molecule has 1 fully saturated rings. The van der Waals surface area contributed by atoms with Crippen molar-refractivity contribution in [3.8, 4) is 0 Å². The molecule has 1 aliphatic rings. The van der Waals surface area contributed by atoms with Crippen LogP contribution in [-0.2, 0) is 20.0 Å². The number of nitrogens with one attached hydrogen (secondary N) is 1. The number of nitrogens with zero attached hydrogens (tertiary/aromatic N) is 5. The van der Waals surface area contributed by atoms with Crippen molar-refractivity contribution in [1.29, 1.82) is 0 Å².